The van der Waals surface area contributed by atoms with Crippen molar-refractivity contribution in [3.05, 3.63) is 31.1 Å². The molecule has 1 atom stereocenters. The van der Waals surface area contributed by atoms with Crippen LogP contribution in [0.1, 0.15) is 39.5 Å². The molecule has 0 N–H and O–H groups in total. The Morgan fingerprint density at radius 1 is 1.25 bits per heavy atom. The fourth-order valence-corrected chi connectivity index (χ4v) is 2.59. The number of hydrogen-bond donors (Lipinski definition) is 0. The van der Waals surface area contributed by atoms with Crippen molar-refractivity contribution in [1.29, 1.82) is 0 Å². The highest BCUT2D eigenvalue weighted by atomic mass is 28.4. The van der Waals surface area contributed by atoms with Crippen LogP contribution < -0.4 is 0 Å². The highest BCUT2D eigenvalue weighted by molar-refractivity contribution is 6.70. The summed E-state index contributed by atoms with van der Waals surface area (Å²) in [5.74, 6) is 0.874. The standard InChI is InChI=1S/C16H29O3Si/c1-6-8-9-11-16(18-14-17)13-10-12-15(7-2)19-20(3,4)5/h7,10,12-14,16H,6,8-9,11H2,1-5H3/b15-7+/t16-/m1/s1. The molecule has 0 aromatic carbocycles. The van der Waals surface area contributed by atoms with Gasteiger partial charge in [0.05, 0.1) is 5.76 Å². The van der Waals surface area contributed by atoms with E-state index in [0.29, 0.717) is 6.47 Å². The van der Waals surface area contributed by atoms with Crippen LogP contribution >= 0.6 is 0 Å². The van der Waals surface area contributed by atoms with Crippen LogP contribution in [-0.4, -0.2) is 20.9 Å². The number of allylic oxidation sites excluding steroid dienone is 2. The molecular formula is C16H29O3Si. The molecule has 0 aromatic rings. The van der Waals surface area contributed by atoms with Crippen molar-refractivity contribution < 1.29 is 14.0 Å². The van der Waals surface area contributed by atoms with Crippen molar-refractivity contribution in [3.8, 4) is 0 Å². The number of unbranched alkanes of at least 4 members (excludes halogenated alkanes) is 2. The molecular weight excluding hydrogens is 268 g/mol. The van der Waals surface area contributed by atoms with Crippen LogP contribution in [0.4, 0.5) is 0 Å². The number of hydrogen-bond acceptors (Lipinski definition) is 3. The first-order valence-corrected chi connectivity index (χ1v) is 10.8. The summed E-state index contributed by atoms with van der Waals surface area (Å²) in [5, 5.41) is 0. The largest absolute Gasteiger partial charge is 0.547 e. The van der Waals surface area contributed by atoms with Crippen LogP contribution in [0.2, 0.25) is 19.6 Å². The van der Waals surface area contributed by atoms with Crippen LogP contribution in [0.15, 0.2) is 11.8 Å². The van der Waals surface area contributed by atoms with E-state index in [-0.39, 0.29) is 6.10 Å². The van der Waals surface area contributed by atoms with E-state index >= 15 is 0 Å². The summed E-state index contributed by atoms with van der Waals surface area (Å²) in [7, 11) is -1.58. The molecule has 3 nitrogen and oxygen atoms in total. The molecule has 115 valence electrons. The smallest absolute Gasteiger partial charge is 0.293 e. The van der Waals surface area contributed by atoms with Crippen molar-refractivity contribution in [2.75, 3.05) is 0 Å². The van der Waals surface area contributed by atoms with E-state index in [1.165, 1.54) is 0 Å². The molecule has 3 radical (unpaired) electrons. The summed E-state index contributed by atoms with van der Waals surface area (Å²) >= 11 is 0. The summed E-state index contributed by atoms with van der Waals surface area (Å²) in [6.07, 6.45) is 11.8. The monoisotopic (exact) mass is 297 g/mol. The number of ether oxygens (including phenoxy) is 1. The van der Waals surface area contributed by atoms with Gasteiger partial charge in [0.2, 0.25) is 8.32 Å². The van der Waals surface area contributed by atoms with E-state index in [2.05, 4.69) is 26.6 Å². The van der Waals surface area contributed by atoms with Crippen LogP contribution in [0.5, 0.6) is 0 Å². The average molecular weight is 297 g/mol. The minimum absolute atomic E-state index is 0.139. The van der Waals surface area contributed by atoms with Gasteiger partial charge in [0.1, 0.15) is 6.10 Å². The molecule has 4 heteroatoms. The van der Waals surface area contributed by atoms with Gasteiger partial charge in [-0.15, -0.1) is 0 Å². The van der Waals surface area contributed by atoms with Crippen molar-refractivity contribution >= 4 is 14.8 Å². The van der Waals surface area contributed by atoms with Crippen molar-refractivity contribution in [2.45, 2.75) is 65.3 Å². The molecule has 20 heavy (non-hydrogen) atoms. The average Bonchev–Trinajstić information content (AvgIpc) is 2.36. The first-order chi connectivity index (χ1) is 9.42. The van der Waals surface area contributed by atoms with E-state index in [9.17, 15) is 4.79 Å². The van der Waals surface area contributed by atoms with E-state index in [0.717, 1.165) is 31.4 Å². The number of carbonyl (C=O) groups is 1. The summed E-state index contributed by atoms with van der Waals surface area (Å²) in [6.45, 7) is 11.1. The Bertz CT molecular complexity index is 282. The molecule has 0 unspecified atom stereocenters. The van der Waals surface area contributed by atoms with Crippen molar-refractivity contribution in [1.82, 2.24) is 0 Å². The zero-order chi connectivity index (χ0) is 15.4. The maximum atomic E-state index is 10.5. The molecule has 0 rings (SSSR count). The molecule has 0 aliphatic carbocycles. The highest BCUT2D eigenvalue weighted by Gasteiger charge is 2.18. The molecule has 0 aromatic heterocycles. The maximum Gasteiger partial charge on any atom is 0.293 e. The highest BCUT2D eigenvalue weighted by Crippen LogP contribution is 2.17. The third-order valence-electron chi connectivity index (χ3n) is 2.62. The van der Waals surface area contributed by atoms with Gasteiger partial charge in [-0.25, -0.2) is 0 Å². The SMILES string of the molecule is C/C=C(\[CH][CH][CH][C@@H](CCCCC)OC=O)O[Si](C)(C)C. The second kappa shape index (κ2) is 10.9. The molecule has 0 saturated carbocycles. The van der Waals surface area contributed by atoms with Gasteiger partial charge in [0.25, 0.3) is 6.47 Å². The van der Waals surface area contributed by atoms with Gasteiger partial charge in [-0.1, -0.05) is 25.8 Å². The molecule has 0 amide bonds. The zero-order valence-electron chi connectivity index (χ0n) is 13.5. The molecule has 0 heterocycles. The summed E-state index contributed by atoms with van der Waals surface area (Å²) in [6, 6.07) is 0. The molecule has 0 aliphatic heterocycles. The fraction of sp³-hybridized carbons (Fsp3) is 0.625. The van der Waals surface area contributed by atoms with Gasteiger partial charge in [-0.2, -0.15) is 0 Å². The van der Waals surface area contributed by atoms with Gasteiger partial charge in [0, 0.05) is 12.8 Å². The Morgan fingerprint density at radius 2 is 1.95 bits per heavy atom. The molecule has 0 saturated heterocycles. The van der Waals surface area contributed by atoms with Crippen molar-refractivity contribution in [2.24, 2.45) is 0 Å². The summed E-state index contributed by atoms with van der Waals surface area (Å²) in [4.78, 5) is 10.5. The molecule has 0 aliphatic rings. The predicted molar refractivity (Wildman–Crippen MR) is 86.2 cm³/mol. The third-order valence-corrected chi connectivity index (χ3v) is 3.47. The van der Waals surface area contributed by atoms with Gasteiger partial charge < -0.3 is 9.16 Å². The van der Waals surface area contributed by atoms with Crippen LogP contribution in [-0.2, 0) is 14.0 Å². The predicted octanol–water partition coefficient (Wildman–Crippen LogP) is 4.48. The van der Waals surface area contributed by atoms with Crippen molar-refractivity contribution in [3.63, 3.8) is 0 Å². The van der Waals surface area contributed by atoms with Gasteiger partial charge >= 0.3 is 0 Å². The first kappa shape index (κ1) is 19.2. The maximum absolute atomic E-state index is 10.5. The Kier molecular flexibility index (Phi) is 10.5. The quantitative estimate of drug-likeness (QED) is 0.231. The Hall–Kier alpha value is -0.773. The van der Waals surface area contributed by atoms with E-state index < -0.39 is 8.32 Å². The van der Waals surface area contributed by atoms with E-state index in [1.807, 2.05) is 32.3 Å². The first-order valence-electron chi connectivity index (χ1n) is 7.39. The Labute approximate surface area is 125 Å². The van der Waals surface area contributed by atoms with Gasteiger partial charge in [0.15, 0.2) is 0 Å². The van der Waals surface area contributed by atoms with Gasteiger partial charge in [-0.05, 0) is 45.8 Å². The molecule has 0 bridgehead atoms. The topological polar surface area (TPSA) is 35.5 Å². The summed E-state index contributed by atoms with van der Waals surface area (Å²) in [5.41, 5.74) is 0. The second-order valence-electron chi connectivity index (χ2n) is 5.72. The lowest BCUT2D eigenvalue weighted by atomic mass is 10.0. The second-order valence-corrected chi connectivity index (χ2v) is 10.2. The lowest BCUT2D eigenvalue weighted by Gasteiger charge is -2.22. The third kappa shape index (κ3) is 11.1. The van der Waals surface area contributed by atoms with Gasteiger partial charge in [-0.3, -0.25) is 4.79 Å². The van der Waals surface area contributed by atoms with Crippen LogP contribution in [0.3, 0.4) is 0 Å². The molecule has 0 fully saturated rings. The minimum atomic E-state index is -1.58. The zero-order valence-corrected chi connectivity index (χ0v) is 14.5. The van der Waals surface area contributed by atoms with Crippen LogP contribution in [0.25, 0.3) is 0 Å². The fourth-order valence-electron chi connectivity index (χ4n) is 1.69. The minimum Gasteiger partial charge on any atom is -0.547 e. The lowest BCUT2D eigenvalue weighted by molar-refractivity contribution is -0.132. The van der Waals surface area contributed by atoms with Crippen LogP contribution in [0, 0.1) is 19.3 Å². The molecule has 0 spiro atoms. The van der Waals surface area contributed by atoms with E-state index in [1.54, 1.807) is 0 Å². The number of rotatable bonds is 12. The Morgan fingerprint density at radius 3 is 2.45 bits per heavy atom. The lowest BCUT2D eigenvalue weighted by Crippen LogP contribution is -2.25. The Balaban J connectivity index is 4.04. The normalized spacial score (nSPS) is 13.9. The van der Waals surface area contributed by atoms with E-state index in [4.69, 9.17) is 9.16 Å². The summed E-state index contributed by atoms with van der Waals surface area (Å²) < 4.78 is 11.0. The number of carbonyl (C=O) groups excluding carboxylic acids is 1.